The van der Waals surface area contributed by atoms with Gasteiger partial charge in [0.2, 0.25) is 0 Å². The number of rotatable bonds is 4. The van der Waals surface area contributed by atoms with Gasteiger partial charge in [-0.3, -0.25) is 0 Å². The summed E-state index contributed by atoms with van der Waals surface area (Å²) in [6.45, 7) is 3.69. The van der Waals surface area contributed by atoms with Crippen LogP contribution >= 0.6 is 0 Å². The molecule has 2 saturated heterocycles. The highest BCUT2D eigenvalue weighted by atomic mass is 16.5. The van der Waals surface area contributed by atoms with Crippen LogP contribution in [0.2, 0.25) is 0 Å². The Morgan fingerprint density at radius 3 is 2.90 bits per heavy atom. The summed E-state index contributed by atoms with van der Waals surface area (Å²) in [6, 6.07) is 6.32. The van der Waals surface area contributed by atoms with Crippen LogP contribution < -0.4 is 14.8 Å². The molecule has 2 atom stereocenters. The van der Waals surface area contributed by atoms with Gasteiger partial charge in [-0.2, -0.15) is 0 Å². The van der Waals surface area contributed by atoms with Gasteiger partial charge < -0.3 is 19.5 Å². The molecule has 2 fully saturated rings. The number of benzene rings is 1. The topological polar surface area (TPSA) is 39.7 Å². The fraction of sp³-hybridized carbons (Fsp3) is 0.625. The summed E-state index contributed by atoms with van der Waals surface area (Å²) in [5, 5.41) is 3.41. The molecule has 1 N–H and O–H groups in total. The minimum absolute atomic E-state index is 0.148. The quantitative estimate of drug-likeness (QED) is 0.917. The van der Waals surface area contributed by atoms with Crippen LogP contribution in [-0.4, -0.2) is 39.5 Å². The molecular formula is C16H23NO3. The monoisotopic (exact) mass is 277 g/mol. The molecule has 3 rings (SSSR count). The van der Waals surface area contributed by atoms with Gasteiger partial charge in [0.15, 0.2) is 11.5 Å². The number of hydrogen-bond acceptors (Lipinski definition) is 4. The highest BCUT2D eigenvalue weighted by Crippen LogP contribution is 2.34. The largest absolute Gasteiger partial charge is 0.493 e. The molecule has 0 saturated carbocycles. The van der Waals surface area contributed by atoms with Crippen molar-refractivity contribution in [2.75, 3.05) is 33.4 Å². The first-order valence-corrected chi connectivity index (χ1v) is 7.50. The molecule has 0 aromatic heterocycles. The Morgan fingerprint density at radius 2 is 2.20 bits per heavy atom. The molecule has 4 heteroatoms. The Hall–Kier alpha value is -1.26. The lowest BCUT2D eigenvalue weighted by Crippen LogP contribution is -2.28. The van der Waals surface area contributed by atoms with Gasteiger partial charge in [0.05, 0.1) is 13.7 Å². The van der Waals surface area contributed by atoms with Crippen molar-refractivity contribution in [1.29, 1.82) is 0 Å². The molecule has 1 aromatic carbocycles. The fourth-order valence-corrected chi connectivity index (χ4v) is 2.96. The third-order valence-electron chi connectivity index (χ3n) is 4.13. The summed E-state index contributed by atoms with van der Waals surface area (Å²) in [5.41, 5.74) is 1.34. The Labute approximate surface area is 120 Å². The lowest BCUT2D eigenvalue weighted by molar-refractivity contribution is 0.00640. The molecule has 1 aromatic rings. The molecule has 0 radical (unpaired) electrons. The van der Waals surface area contributed by atoms with E-state index in [1.54, 1.807) is 7.11 Å². The molecule has 2 aliphatic heterocycles. The van der Waals surface area contributed by atoms with Crippen LogP contribution in [0.15, 0.2) is 18.2 Å². The molecule has 0 spiro atoms. The maximum absolute atomic E-state index is 6.11. The van der Waals surface area contributed by atoms with Crippen LogP contribution in [0.4, 0.5) is 0 Å². The van der Waals surface area contributed by atoms with Gasteiger partial charge in [0, 0.05) is 13.2 Å². The molecule has 2 unspecified atom stereocenters. The predicted molar refractivity (Wildman–Crippen MR) is 77.7 cm³/mol. The number of methoxy groups -OCH3 is 1. The van der Waals surface area contributed by atoms with Crippen LogP contribution in [0.1, 0.15) is 30.7 Å². The lowest BCUT2D eigenvalue weighted by atomic mass is 9.98. The van der Waals surface area contributed by atoms with Crippen LogP contribution in [-0.2, 0) is 4.74 Å². The first-order valence-electron chi connectivity index (χ1n) is 7.50. The average Bonchev–Trinajstić information content (AvgIpc) is 3.02. The number of ether oxygens (including phenoxy) is 3. The summed E-state index contributed by atoms with van der Waals surface area (Å²) < 4.78 is 17.0. The minimum Gasteiger partial charge on any atom is -0.493 e. The van der Waals surface area contributed by atoms with Gasteiger partial charge in [-0.05, 0) is 49.4 Å². The van der Waals surface area contributed by atoms with E-state index in [0.717, 1.165) is 44.0 Å². The first kappa shape index (κ1) is 13.7. The van der Waals surface area contributed by atoms with Crippen molar-refractivity contribution in [1.82, 2.24) is 5.32 Å². The lowest BCUT2D eigenvalue weighted by Gasteiger charge is -2.24. The molecule has 110 valence electrons. The van der Waals surface area contributed by atoms with E-state index in [0.29, 0.717) is 12.5 Å². The molecule has 4 nitrogen and oxygen atoms in total. The Balaban J connectivity index is 1.76. The zero-order chi connectivity index (χ0) is 13.8. The van der Waals surface area contributed by atoms with Crippen LogP contribution in [0.3, 0.4) is 0 Å². The predicted octanol–water partition coefficient (Wildman–Crippen LogP) is 2.33. The van der Waals surface area contributed by atoms with Crippen molar-refractivity contribution >= 4 is 0 Å². The summed E-state index contributed by atoms with van der Waals surface area (Å²) in [7, 11) is 1.69. The average molecular weight is 277 g/mol. The van der Waals surface area contributed by atoms with Crippen molar-refractivity contribution in [3.05, 3.63) is 23.8 Å². The summed E-state index contributed by atoms with van der Waals surface area (Å²) >= 11 is 0. The molecule has 2 aliphatic rings. The third kappa shape index (κ3) is 3.07. The van der Waals surface area contributed by atoms with E-state index in [4.69, 9.17) is 14.2 Å². The van der Waals surface area contributed by atoms with Crippen LogP contribution in [0, 0.1) is 0 Å². The molecule has 0 bridgehead atoms. The highest BCUT2D eigenvalue weighted by molar-refractivity contribution is 5.44. The summed E-state index contributed by atoms with van der Waals surface area (Å²) in [4.78, 5) is 0. The molecule has 20 heavy (non-hydrogen) atoms. The standard InChI is InChI=1S/C16H23NO3/c1-18-15-5-4-12(13-6-7-17-10-13)9-16(15)20-14-3-2-8-19-11-14/h4-5,9,13-14,17H,2-3,6-8,10-11H2,1H3. The van der Waals surface area contributed by atoms with Gasteiger partial charge in [0.1, 0.15) is 6.10 Å². The Bertz CT molecular complexity index is 437. The van der Waals surface area contributed by atoms with Crippen LogP contribution in [0.25, 0.3) is 0 Å². The van der Waals surface area contributed by atoms with E-state index in [1.165, 1.54) is 12.0 Å². The van der Waals surface area contributed by atoms with Gasteiger partial charge in [-0.15, -0.1) is 0 Å². The van der Waals surface area contributed by atoms with E-state index >= 15 is 0 Å². The molecule has 2 heterocycles. The summed E-state index contributed by atoms with van der Waals surface area (Å²) in [5.74, 6) is 2.25. The zero-order valence-corrected chi connectivity index (χ0v) is 12.1. The molecule has 0 amide bonds. The minimum atomic E-state index is 0.148. The van der Waals surface area contributed by atoms with E-state index in [2.05, 4.69) is 17.4 Å². The second-order valence-electron chi connectivity index (χ2n) is 5.56. The van der Waals surface area contributed by atoms with Gasteiger partial charge in [0.25, 0.3) is 0 Å². The summed E-state index contributed by atoms with van der Waals surface area (Å²) in [6.07, 6.45) is 3.46. The number of nitrogens with one attached hydrogen (secondary N) is 1. The van der Waals surface area contributed by atoms with Gasteiger partial charge in [-0.1, -0.05) is 6.07 Å². The van der Waals surface area contributed by atoms with Crippen molar-refractivity contribution < 1.29 is 14.2 Å². The van der Waals surface area contributed by atoms with Crippen molar-refractivity contribution in [2.45, 2.75) is 31.3 Å². The van der Waals surface area contributed by atoms with Crippen LogP contribution in [0.5, 0.6) is 11.5 Å². The number of hydrogen-bond donors (Lipinski definition) is 1. The SMILES string of the molecule is COc1ccc(C2CCNC2)cc1OC1CCCOC1. The van der Waals surface area contributed by atoms with E-state index in [-0.39, 0.29) is 6.10 Å². The molecular weight excluding hydrogens is 254 g/mol. The van der Waals surface area contributed by atoms with Gasteiger partial charge >= 0.3 is 0 Å². The Kier molecular flexibility index (Phi) is 4.43. The highest BCUT2D eigenvalue weighted by Gasteiger charge is 2.21. The third-order valence-corrected chi connectivity index (χ3v) is 4.13. The first-order chi connectivity index (χ1) is 9.86. The second-order valence-corrected chi connectivity index (χ2v) is 5.56. The van der Waals surface area contributed by atoms with E-state index in [1.807, 2.05) is 6.07 Å². The maximum Gasteiger partial charge on any atom is 0.161 e. The smallest absolute Gasteiger partial charge is 0.161 e. The fourth-order valence-electron chi connectivity index (χ4n) is 2.96. The zero-order valence-electron chi connectivity index (χ0n) is 12.1. The van der Waals surface area contributed by atoms with Gasteiger partial charge in [-0.25, -0.2) is 0 Å². The molecule has 0 aliphatic carbocycles. The van der Waals surface area contributed by atoms with Crippen molar-refractivity contribution in [2.24, 2.45) is 0 Å². The van der Waals surface area contributed by atoms with E-state index < -0.39 is 0 Å². The van der Waals surface area contributed by atoms with Crippen molar-refractivity contribution in [3.63, 3.8) is 0 Å². The Morgan fingerprint density at radius 1 is 1.25 bits per heavy atom. The van der Waals surface area contributed by atoms with E-state index in [9.17, 15) is 0 Å². The normalized spacial score (nSPS) is 26.4. The maximum atomic E-state index is 6.11. The van der Waals surface area contributed by atoms with Crippen molar-refractivity contribution in [3.8, 4) is 11.5 Å². The second kappa shape index (κ2) is 6.46.